The first kappa shape index (κ1) is 17.3. The van der Waals surface area contributed by atoms with Crippen molar-refractivity contribution < 1.29 is 9.53 Å². The number of hydrogen-bond acceptors (Lipinski definition) is 2. The molecule has 0 aliphatic heterocycles. The fraction of sp³-hybridized carbons (Fsp3) is 0.235. The monoisotopic (exact) mass is 473 g/mol. The highest BCUT2D eigenvalue weighted by Gasteiger charge is 2.07. The van der Waals surface area contributed by atoms with Gasteiger partial charge in [-0.25, -0.2) is 0 Å². The highest BCUT2D eigenvalue weighted by atomic mass is 127. The molecule has 0 heterocycles. The number of amides is 1. The summed E-state index contributed by atoms with van der Waals surface area (Å²) in [6.45, 7) is 2.13. The second-order valence-electron chi connectivity index (χ2n) is 4.86. The fourth-order valence-electron chi connectivity index (χ4n) is 1.98. The molecule has 22 heavy (non-hydrogen) atoms. The molecule has 2 aromatic rings. The van der Waals surface area contributed by atoms with E-state index in [0.29, 0.717) is 5.75 Å². The molecule has 0 bridgehead atoms. The number of aryl methyl sites for hydroxylation is 1. The third-order valence-electron chi connectivity index (χ3n) is 3.02. The van der Waals surface area contributed by atoms with E-state index in [1.54, 1.807) is 0 Å². The zero-order valence-corrected chi connectivity index (χ0v) is 16.0. The van der Waals surface area contributed by atoms with Crippen molar-refractivity contribution in [2.75, 3.05) is 11.9 Å². The van der Waals surface area contributed by atoms with Crippen molar-refractivity contribution in [3.8, 4) is 5.75 Å². The standard InChI is InChI=1S/C17H17BrINO2/c1-2-3-12-4-9-16(15(18)10-12)22-11-17(21)20-14-7-5-13(19)6-8-14/h4-10H,2-3,11H2,1H3,(H,20,21). The summed E-state index contributed by atoms with van der Waals surface area (Å²) in [5.41, 5.74) is 2.02. The van der Waals surface area contributed by atoms with Crippen LogP contribution in [0.3, 0.4) is 0 Å². The molecule has 0 radical (unpaired) electrons. The molecular weight excluding hydrogens is 457 g/mol. The predicted octanol–water partition coefficient (Wildman–Crippen LogP) is 5.02. The van der Waals surface area contributed by atoms with Crippen LogP contribution in [0, 0.1) is 3.57 Å². The Balaban J connectivity index is 1.89. The van der Waals surface area contributed by atoms with Crippen LogP contribution in [0.5, 0.6) is 5.75 Å². The van der Waals surface area contributed by atoms with E-state index < -0.39 is 0 Å². The average Bonchev–Trinajstić information content (AvgIpc) is 2.49. The quantitative estimate of drug-likeness (QED) is 0.598. The zero-order valence-electron chi connectivity index (χ0n) is 12.2. The van der Waals surface area contributed by atoms with E-state index >= 15 is 0 Å². The van der Waals surface area contributed by atoms with Crippen LogP contribution in [0.4, 0.5) is 5.69 Å². The van der Waals surface area contributed by atoms with Crippen molar-refractivity contribution in [1.82, 2.24) is 0 Å². The second-order valence-corrected chi connectivity index (χ2v) is 6.96. The zero-order chi connectivity index (χ0) is 15.9. The summed E-state index contributed by atoms with van der Waals surface area (Å²) in [6.07, 6.45) is 2.14. The highest BCUT2D eigenvalue weighted by Crippen LogP contribution is 2.26. The topological polar surface area (TPSA) is 38.3 Å². The Labute approximate surface area is 152 Å². The van der Waals surface area contributed by atoms with Crippen LogP contribution in [0.15, 0.2) is 46.9 Å². The number of halogens is 2. The molecule has 2 aromatic carbocycles. The molecule has 0 fully saturated rings. The molecule has 1 amide bonds. The van der Waals surface area contributed by atoms with Crippen molar-refractivity contribution in [1.29, 1.82) is 0 Å². The molecule has 0 saturated heterocycles. The molecule has 2 rings (SSSR count). The van der Waals surface area contributed by atoms with Crippen molar-refractivity contribution in [2.24, 2.45) is 0 Å². The number of nitrogens with one attached hydrogen (secondary N) is 1. The van der Waals surface area contributed by atoms with Crippen molar-refractivity contribution in [3.05, 3.63) is 56.1 Å². The first-order chi connectivity index (χ1) is 10.6. The van der Waals surface area contributed by atoms with Gasteiger partial charge in [0.15, 0.2) is 6.61 Å². The third-order valence-corrected chi connectivity index (χ3v) is 4.36. The first-order valence-electron chi connectivity index (χ1n) is 7.05. The van der Waals surface area contributed by atoms with Gasteiger partial charge in [-0.3, -0.25) is 4.79 Å². The van der Waals surface area contributed by atoms with Crippen molar-refractivity contribution in [2.45, 2.75) is 19.8 Å². The highest BCUT2D eigenvalue weighted by molar-refractivity contribution is 14.1. The summed E-state index contributed by atoms with van der Waals surface area (Å²) in [7, 11) is 0. The number of benzene rings is 2. The summed E-state index contributed by atoms with van der Waals surface area (Å²) in [5, 5.41) is 2.81. The number of ether oxygens (including phenoxy) is 1. The van der Waals surface area contributed by atoms with E-state index in [1.165, 1.54) is 5.56 Å². The molecule has 0 spiro atoms. The maximum absolute atomic E-state index is 11.9. The van der Waals surface area contributed by atoms with Crippen LogP contribution in [0.2, 0.25) is 0 Å². The molecule has 0 aliphatic rings. The van der Waals surface area contributed by atoms with Gasteiger partial charge in [-0.2, -0.15) is 0 Å². The van der Waals surface area contributed by atoms with Gasteiger partial charge in [-0.15, -0.1) is 0 Å². The lowest BCUT2D eigenvalue weighted by molar-refractivity contribution is -0.118. The number of carbonyl (C=O) groups is 1. The Kier molecular flexibility index (Phi) is 6.70. The maximum Gasteiger partial charge on any atom is 0.262 e. The Morgan fingerprint density at radius 2 is 1.95 bits per heavy atom. The van der Waals surface area contributed by atoms with E-state index in [-0.39, 0.29) is 12.5 Å². The Bertz CT molecular complexity index is 644. The number of hydrogen-bond donors (Lipinski definition) is 1. The van der Waals surface area contributed by atoms with Crippen LogP contribution in [0.1, 0.15) is 18.9 Å². The largest absolute Gasteiger partial charge is 0.483 e. The molecule has 0 saturated carbocycles. The van der Waals surface area contributed by atoms with E-state index in [9.17, 15) is 4.79 Å². The lowest BCUT2D eigenvalue weighted by atomic mass is 10.1. The molecule has 0 unspecified atom stereocenters. The minimum atomic E-state index is -0.175. The van der Waals surface area contributed by atoms with Gasteiger partial charge < -0.3 is 10.1 Å². The molecule has 1 N–H and O–H groups in total. The number of carbonyl (C=O) groups excluding carboxylic acids is 1. The Morgan fingerprint density at radius 3 is 2.59 bits per heavy atom. The van der Waals surface area contributed by atoms with Gasteiger partial charge in [0.2, 0.25) is 0 Å². The maximum atomic E-state index is 11.9. The number of rotatable bonds is 6. The summed E-state index contributed by atoms with van der Waals surface area (Å²) in [4.78, 5) is 11.9. The third kappa shape index (κ3) is 5.28. The van der Waals surface area contributed by atoms with Gasteiger partial charge in [-0.1, -0.05) is 19.4 Å². The minimum Gasteiger partial charge on any atom is -0.483 e. The molecule has 116 valence electrons. The second kappa shape index (κ2) is 8.53. The fourth-order valence-corrected chi connectivity index (χ4v) is 2.88. The van der Waals surface area contributed by atoms with E-state index in [4.69, 9.17) is 4.74 Å². The first-order valence-corrected chi connectivity index (χ1v) is 8.92. The molecule has 3 nitrogen and oxygen atoms in total. The SMILES string of the molecule is CCCc1ccc(OCC(=O)Nc2ccc(I)cc2)c(Br)c1. The van der Waals surface area contributed by atoms with Gasteiger partial charge in [0.1, 0.15) is 5.75 Å². The summed E-state index contributed by atoms with van der Waals surface area (Å²) < 4.78 is 7.57. The van der Waals surface area contributed by atoms with E-state index in [2.05, 4.69) is 50.8 Å². The Morgan fingerprint density at radius 1 is 1.23 bits per heavy atom. The summed E-state index contributed by atoms with van der Waals surface area (Å²) >= 11 is 5.71. The van der Waals surface area contributed by atoms with E-state index in [0.717, 1.165) is 26.6 Å². The van der Waals surface area contributed by atoms with Crippen molar-refractivity contribution >= 4 is 50.1 Å². The Hall–Kier alpha value is -1.08. The van der Waals surface area contributed by atoms with Crippen LogP contribution in [0.25, 0.3) is 0 Å². The van der Waals surface area contributed by atoms with E-state index in [1.807, 2.05) is 42.5 Å². The minimum absolute atomic E-state index is 0.0162. The predicted molar refractivity (Wildman–Crippen MR) is 101 cm³/mol. The smallest absolute Gasteiger partial charge is 0.262 e. The van der Waals surface area contributed by atoms with Crippen LogP contribution in [-0.4, -0.2) is 12.5 Å². The molecule has 0 aliphatic carbocycles. The average molecular weight is 474 g/mol. The summed E-state index contributed by atoms with van der Waals surface area (Å²) in [6, 6.07) is 13.6. The molecule has 0 atom stereocenters. The lowest BCUT2D eigenvalue weighted by Crippen LogP contribution is -2.20. The van der Waals surface area contributed by atoms with Gasteiger partial charge in [-0.05, 0) is 86.9 Å². The van der Waals surface area contributed by atoms with Gasteiger partial charge >= 0.3 is 0 Å². The van der Waals surface area contributed by atoms with Crippen LogP contribution in [-0.2, 0) is 11.2 Å². The lowest BCUT2D eigenvalue weighted by Gasteiger charge is -2.10. The molecule has 0 aromatic heterocycles. The normalized spacial score (nSPS) is 10.3. The molecular formula is C17H17BrINO2. The van der Waals surface area contributed by atoms with Crippen LogP contribution < -0.4 is 10.1 Å². The van der Waals surface area contributed by atoms with Gasteiger partial charge in [0, 0.05) is 9.26 Å². The van der Waals surface area contributed by atoms with Crippen molar-refractivity contribution in [3.63, 3.8) is 0 Å². The van der Waals surface area contributed by atoms with Gasteiger partial charge in [0.25, 0.3) is 5.91 Å². The molecule has 5 heteroatoms. The summed E-state index contributed by atoms with van der Waals surface area (Å²) in [5.74, 6) is 0.503. The van der Waals surface area contributed by atoms with Crippen LogP contribution >= 0.6 is 38.5 Å². The van der Waals surface area contributed by atoms with Gasteiger partial charge in [0.05, 0.1) is 4.47 Å². The number of anilines is 1.